The first-order valence-corrected chi connectivity index (χ1v) is 8.66. The predicted octanol–water partition coefficient (Wildman–Crippen LogP) is 2.97. The summed E-state index contributed by atoms with van der Waals surface area (Å²) in [6.07, 6.45) is 6.78. The molecule has 6 heteroatoms. The Hall–Kier alpha value is -2.24. The van der Waals surface area contributed by atoms with Crippen molar-refractivity contribution in [3.05, 3.63) is 30.3 Å². The van der Waals surface area contributed by atoms with E-state index in [0.717, 1.165) is 25.8 Å². The van der Waals surface area contributed by atoms with E-state index in [-0.39, 0.29) is 17.8 Å². The molecule has 1 aromatic carbocycles. The Morgan fingerprint density at radius 2 is 2.04 bits per heavy atom. The molecule has 4 rings (SSSR count). The van der Waals surface area contributed by atoms with Crippen molar-refractivity contribution >= 4 is 22.6 Å². The molecule has 5 nitrogen and oxygen atoms in total. The first-order chi connectivity index (χ1) is 11.7. The third kappa shape index (κ3) is 2.92. The molecule has 1 saturated carbocycles. The molecule has 0 bridgehead atoms. The van der Waals surface area contributed by atoms with E-state index in [2.05, 4.69) is 15.3 Å². The van der Waals surface area contributed by atoms with Crippen LogP contribution in [0.3, 0.4) is 0 Å². The maximum Gasteiger partial charge on any atom is 0.225 e. The molecule has 1 aliphatic carbocycles. The molecule has 1 unspecified atom stereocenters. The van der Waals surface area contributed by atoms with Gasteiger partial charge in [-0.25, -0.2) is 14.4 Å². The standard InChI is InChI=1S/C18H21FN4O/c19-13-5-6-16-15(9-13)17(21-11-20-16)22-14-7-8-23(10-14)18(24)12-3-1-2-4-12/h5-6,9,11-12,14H,1-4,7-8,10H2,(H,20,21,22). The molecular formula is C18H21FN4O. The summed E-state index contributed by atoms with van der Waals surface area (Å²) >= 11 is 0. The number of amides is 1. The molecule has 0 radical (unpaired) electrons. The largest absolute Gasteiger partial charge is 0.365 e. The van der Waals surface area contributed by atoms with Crippen molar-refractivity contribution in [1.82, 2.24) is 14.9 Å². The van der Waals surface area contributed by atoms with E-state index in [4.69, 9.17) is 0 Å². The maximum atomic E-state index is 13.5. The number of carbonyl (C=O) groups is 1. The molecule has 1 saturated heterocycles. The minimum Gasteiger partial charge on any atom is -0.365 e. The Bertz CT molecular complexity index is 760. The smallest absolute Gasteiger partial charge is 0.225 e. The zero-order valence-corrected chi connectivity index (χ0v) is 13.5. The Labute approximate surface area is 140 Å². The van der Waals surface area contributed by atoms with Gasteiger partial charge in [0.2, 0.25) is 5.91 Å². The molecular weight excluding hydrogens is 307 g/mol. The molecule has 2 fully saturated rings. The number of halogens is 1. The van der Waals surface area contributed by atoms with Crippen LogP contribution < -0.4 is 5.32 Å². The van der Waals surface area contributed by atoms with E-state index in [0.29, 0.717) is 29.2 Å². The monoisotopic (exact) mass is 328 g/mol. The van der Waals surface area contributed by atoms with E-state index in [1.807, 2.05) is 4.90 Å². The van der Waals surface area contributed by atoms with Crippen LogP contribution in [-0.2, 0) is 4.79 Å². The third-order valence-corrected chi connectivity index (χ3v) is 5.14. The number of nitrogens with one attached hydrogen (secondary N) is 1. The molecule has 1 atom stereocenters. The van der Waals surface area contributed by atoms with Gasteiger partial charge in [-0.2, -0.15) is 0 Å². The number of rotatable bonds is 3. The van der Waals surface area contributed by atoms with Crippen LogP contribution in [0.25, 0.3) is 10.9 Å². The van der Waals surface area contributed by atoms with Gasteiger partial charge in [-0.05, 0) is 37.5 Å². The van der Waals surface area contributed by atoms with E-state index in [1.54, 1.807) is 6.07 Å². The van der Waals surface area contributed by atoms with Gasteiger partial charge < -0.3 is 10.2 Å². The summed E-state index contributed by atoms with van der Waals surface area (Å²) in [4.78, 5) is 22.9. The summed E-state index contributed by atoms with van der Waals surface area (Å²) in [7, 11) is 0. The summed E-state index contributed by atoms with van der Waals surface area (Å²) in [5, 5.41) is 4.05. The van der Waals surface area contributed by atoms with Crippen LogP contribution in [0.1, 0.15) is 32.1 Å². The van der Waals surface area contributed by atoms with Crippen molar-refractivity contribution < 1.29 is 9.18 Å². The molecule has 1 N–H and O–H groups in total. The van der Waals surface area contributed by atoms with E-state index >= 15 is 0 Å². The first-order valence-electron chi connectivity index (χ1n) is 8.66. The van der Waals surface area contributed by atoms with E-state index < -0.39 is 0 Å². The highest BCUT2D eigenvalue weighted by molar-refractivity contribution is 5.89. The number of nitrogens with zero attached hydrogens (tertiary/aromatic N) is 3. The van der Waals surface area contributed by atoms with Gasteiger partial charge in [0.1, 0.15) is 18.0 Å². The normalized spacial score (nSPS) is 21.5. The summed E-state index contributed by atoms with van der Waals surface area (Å²) in [5.41, 5.74) is 0.714. The van der Waals surface area contributed by atoms with Crippen molar-refractivity contribution in [2.45, 2.75) is 38.1 Å². The van der Waals surface area contributed by atoms with Gasteiger partial charge in [-0.3, -0.25) is 4.79 Å². The van der Waals surface area contributed by atoms with E-state index in [9.17, 15) is 9.18 Å². The fourth-order valence-corrected chi connectivity index (χ4v) is 3.85. The van der Waals surface area contributed by atoms with Gasteiger partial charge >= 0.3 is 0 Å². The summed E-state index contributed by atoms with van der Waals surface area (Å²) in [6.45, 7) is 1.47. The zero-order valence-electron chi connectivity index (χ0n) is 13.5. The molecule has 0 spiro atoms. The highest BCUT2D eigenvalue weighted by Crippen LogP contribution is 2.29. The maximum absolute atomic E-state index is 13.5. The lowest BCUT2D eigenvalue weighted by molar-refractivity contribution is -0.134. The predicted molar refractivity (Wildman–Crippen MR) is 90.1 cm³/mol. The van der Waals surface area contributed by atoms with Gasteiger partial charge in [0, 0.05) is 30.4 Å². The topological polar surface area (TPSA) is 58.1 Å². The highest BCUT2D eigenvalue weighted by atomic mass is 19.1. The quantitative estimate of drug-likeness (QED) is 0.941. The van der Waals surface area contributed by atoms with Crippen molar-refractivity contribution in [3.8, 4) is 0 Å². The fourth-order valence-electron chi connectivity index (χ4n) is 3.85. The number of aromatic nitrogens is 2. The average Bonchev–Trinajstić information content (AvgIpc) is 3.26. The summed E-state index contributed by atoms with van der Waals surface area (Å²) < 4.78 is 13.5. The van der Waals surface area contributed by atoms with Gasteiger partial charge in [0.05, 0.1) is 5.52 Å². The Morgan fingerprint density at radius 3 is 2.88 bits per heavy atom. The third-order valence-electron chi connectivity index (χ3n) is 5.14. The van der Waals surface area contributed by atoms with Gasteiger partial charge in [0.25, 0.3) is 0 Å². The van der Waals surface area contributed by atoms with Crippen LogP contribution in [0.4, 0.5) is 10.2 Å². The molecule has 2 heterocycles. The number of fused-ring (bicyclic) bond motifs is 1. The van der Waals surface area contributed by atoms with Crippen LogP contribution in [0.2, 0.25) is 0 Å². The number of anilines is 1. The molecule has 2 aromatic rings. The molecule has 2 aliphatic rings. The number of hydrogen-bond donors (Lipinski definition) is 1. The second-order valence-corrected chi connectivity index (χ2v) is 6.78. The van der Waals surface area contributed by atoms with Crippen molar-refractivity contribution in [2.75, 3.05) is 18.4 Å². The summed E-state index contributed by atoms with van der Waals surface area (Å²) in [5.74, 6) is 0.859. The Kier molecular flexibility index (Phi) is 4.04. The molecule has 24 heavy (non-hydrogen) atoms. The van der Waals surface area contributed by atoms with Crippen LogP contribution in [0.5, 0.6) is 0 Å². The number of likely N-dealkylation sites (tertiary alicyclic amines) is 1. The SMILES string of the molecule is O=C(C1CCCC1)N1CCC(Nc2ncnc3ccc(F)cc23)C1. The van der Waals surface area contributed by atoms with Crippen LogP contribution in [0, 0.1) is 11.7 Å². The molecule has 126 valence electrons. The fraction of sp³-hybridized carbons (Fsp3) is 0.500. The zero-order chi connectivity index (χ0) is 16.5. The van der Waals surface area contributed by atoms with Crippen molar-refractivity contribution in [2.24, 2.45) is 5.92 Å². The van der Waals surface area contributed by atoms with Gasteiger partial charge in [-0.1, -0.05) is 12.8 Å². The van der Waals surface area contributed by atoms with Crippen molar-refractivity contribution in [1.29, 1.82) is 0 Å². The summed E-state index contributed by atoms with van der Waals surface area (Å²) in [6, 6.07) is 4.66. The average molecular weight is 328 g/mol. The number of benzene rings is 1. The lowest BCUT2D eigenvalue weighted by Gasteiger charge is -2.21. The first kappa shape index (κ1) is 15.3. The Balaban J connectivity index is 1.47. The van der Waals surface area contributed by atoms with Gasteiger partial charge in [0.15, 0.2) is 0 Å². The van der Waals surface area contributed by atoms with Crippen LogP contribution in [-0.4, -0.2) is 39.9 Å². The highest BCUT2D eigenvalue weighted by Gasteiger charge is 2.32. The minimum atomic E-state index is -0.301. The van der Waals surface area contributed by atoms with Crippen LogP contribution in [0.15, 0.2) is 24.5 Å². The van der Waals surface area contributed by atoms with Crippen LogP contribution >= 0.6 is 0 Å². The van der Waals surface area contributed by atoms with Gasteiger partial charge in [-0.15, -0.1) is 0 Å². The second-order valence-electron chi connectivity index (χ2n) is 6.78. The van der Waals surface area contributed by atoms with E-state index in [1.165, 1.54) is 31.3 Å². The minimum absolute atomic E-state index is 0.150. The Morgan fingerprint density at radius 1 is 1.21 bits per heavy atom. The lowest BCUT2D eigenvalue weighted by Crippen LogP contribution is -2.35. The molecule has 1 aliphatic heterocycles. The molecule has 1 amide bonds. The molecule has 1 aromatic heterocycles. The number of carbonyl (C=O) groups excluding carboxylic acids is 1. The second kappa shape index (κ2) is 6.34. The lowest BCUT2D eigenvalue weighted by atomic mass is 10.1. The number of hydrogen-bond acceptors (Lipinski definition) is 4. The van der Waals surface area contributed by atoms with Crippen molar-refractivity contribution in [3.63, 3.8) is 0 Å².